The highest BCUT2D eigenvalue weighted by Crippen LogP contribution is 2.26. The molecule has 9 heteroatoms. The van der Waals surface area contributed by atoms with Crippen molar-refractivity contribution < 1.29 is 31.5 Å². The summed E-state index contributed by atoms with van der Waals surface area (Å²) in [6.07, 6.45) is 3.96. The Labute approximate surface area is 147 Å². The lowest BCUT2D eigenvalue weighted by Gasteiger charge is -2.30. The minimum Gasteiger partial charge on any atom is -0.475 e. The maximum Gasteiger partial charge on any atom is 0.490 e. The van der Waals surface area contributed by atoms with E-state index in [0.717, 1.165) is 25.4 Å². The molecular weight excluding hydrogens is 359 g/mol. The molecule has 0 radical (unpaired) electrons. The molecule has 148 valence electrons. The first-order valence-electron chi connectivity index (χ1n) is 8.79. The van der Waals surface area contributed by atoms with Crippen molar-refractivity contribution in [3.05, 3.63) is 0 Å². The Morgan fingerprint density at radius 3 is 2.00 bits per heavy atom. The molecule has 0 aromatic rings. The number of halogens is 3. The molecule has 0 aromatic heterocycles. The van der Waals surface area contributed by atoms with Crippen molar-refractivity contribution in [2.45, 2.75) is 64.1 Å². The van der Waals surface area contributed by atoms with E-state index in [1.165, 1.54) is 38.5 Å². The second kappa shape index (κ2) is 9.75. The summed E-state index contributed by atoms with van der Waals surface area (Å²) in [6.45, 7) is 4.29. The molecule has 1 aliphatic carbocycles. The second-order valence-corrected chi connectivity index (χ2v) is 9.03. The Morgan fingerprint density at radius 2 is 1.64 bits per heavy atom. The minimum absolute atomic E-state index is 0.295. The van der Waals surface area contributed by atoms with E-state index in [4.69, 9.17) is 9.90 Å². The van der Waals surface area contributed by atoms with Gasteiger partial charge in [-0.15, -0.1) is 0 Å². The van der Waals surface area contributed by atoms with Gasteiger partial charge in [-0.3, -0.25) is 4.90 Å². The van der Waals surface area contributed by atoms with Crippen LogP contribution in [0.4, 0.5) is 13.2 Å². The smallest absolute Gasteiger partial charge is 0.475 e. The monoisotopic (exact) mass is 387 g/mol. The van der Waals surface area contributed by atoms with Gasteiger partial charge in [0.1, 0.15) is 0 Å². The van der Waals surface area contributed by atoms with Gasteiger partial charge in [-0.1, -0.05) is 32.6 Å². The zero-order chi connectivity index (χ0) is 19.1. The molecule has 1 saturated carbocycles. The Kier molecular flexibility index (Phi) is 8.67. The summed E-state index contributed by atoms with van der Waals surface area (Å²) < 4.78 is 54.9. The van der Waals surface area contributed by atoms with Crippen LogP contribution in [0.5, 0.6) is 0 Å². The fraction of sp³-hybridized carbons (Fsp3) is 0.938. The van der Waals surface area contributed by atoms with Crippen molar-refractivity contribution in [1.29, 1.82) is 0 Å². The molecule has 1 aliphatic heterocycles. The van der Waals surface area contributed by atoms with Gasteiger partial charge in [-0.2, -0.15) is 13.2 Å². The number of alkyl halides is 3. The number of sulfone groups is 1. The molecule has 0 bridgehead atoms. The first-order chi connectivity index (χ1) is 11.5. The first-order valence-corrected chi connectivity index (χ1v) is 10.6. The predicted octanol–water partition coefficient (Wildman–Crippen LogP) is 3.10. The SMILES string of the molecule is CCN(CC1CCCCCC1)C1CCS(=O)(=O)C1.O=C(O)C(F)(F)F. The third-order valence-corrected chi connectivity index (χ3v) is 6.59. The fourth-order valence-corrected chi connectivity index (χ4v) is 5.24. The van der Waals surface area contributed by atoms with E-state index in [0.29, 0.717) is 17.5 Å². The van der Waals surface area contributed by atoms with Crippen molar-refractivity contribution in [3.8, 4) is 0 Å². The summed E-state index contributed by atoms with van der Waals surface area (Å²) in [4.78, 5) is 11.3. The topological polar surface area (TPSA) is 74.7 Å². The van der Waals surface area contributed by atoms with E-state index < -0.39 is 22.0 Å². The van der Waals surface area contributed by atoms with E-state index in [9.17, 15) is 21.6 Å². The van der Waals surface area contributed by atoms with Crippen LogP contribution in [-0.4, -0.2) is 61.2 Å². The molecule has 2 fully saturated rings. The van der Waals surface area contributed by atoms with Crippen LogP contribution >= 0.6 is 0 Å². The number of aliphatic carboxylic acids is 1. The van der Waals surface area contributed by atoms with Crippen molar-refractivity contribution in [2.75, 3.05) is 24.6 Å². The van der Waals surface area contributed by atoms with Crippen LogP contribution in [0.15, 0.2) is 0 Å². The molecule has 1 saturated heterocycles. The van der Waals surface area contributed by atoms with Gasteiger partial charge in [-0.05, 0) is 31.7 Å². The van der Waals surface area contributed by atoms with Gasteiger partial charge in [-0.25, -0.2) is 13.2 Å². The Balaban J connectivity index is 0.000000381. The number of carboxylic acids is 1. The fourth-order valence-electron chi connectivity index (χ4n) is 3.48. The Morgan fingerprint density at radius 1 is 1.12 bits per heavy atom. The van der Waals surface area contributed by atoms with Crippen LogP contribution in [0.2, 0.25) is 0 Å². The standard InChI is InChI=1S/C14H27NO2S.C2HF3O2/c1-2-15(14-9-10-18(16,17)12-14)11-13-7-5-3-4-6-8-13;3-2(4,5)1(6)7/h13-14H,2-12H2,1H3;(H,6,7). The quantitative estimate of drug-likeness (QED) is 0.751. The summed E-state index contributed by atoms with van der Waals surface area (Å²) in [5.41, 5.74) is 0. The summed E-state index contributed by atoms with van der Waals surface area (Å²) in [5.74, 6) is -1.16. The van der Waals surface area contributed by atoms with Gasteiger partial charge in [0, 0.05) is 12.6 Å². The van der Waals surface area contributed by atoms with E-state index in [1.807, 2.05) is 0 Å². The van der Waals surface area contributed by atoms with Crippen LogP contribution in [-0.2, 0) is 14.6 Å². The van der Waals surface area contributed by atoms with Crippen LogP contribution < -0.4 is 0 Å². The largest absolute Gasteiger partial charge is 0.490 e. The third kappa shape index (κ3) is 8.40. The average molecular weight is 387 g/mol. The van der Waals surface area contributed by atoms with Crippen LogP contribution in [0, 0.1) is 5.92 Å². The molecule has 1 heterocycles. The molecule has 2 aliphatic rings. The minimum atomic E-state index is -5.08. The second-order valence-electron chi connectivity index (χ2n) is 6.80. The lowest BCUT2D eigenvalue weighted by atomic mass is 9.99. The summed E-state index contributed by atoms with van der Waals surface area (Å²) in [6, 6.07) is 0.295. The maximum atomic E-state index is 11.6. The number of carboxylic acid groups (broad SMARTS) is 1. The molecular formula is C16H28F3NO4S. The van der Waals surface area contributed by atoms with Crippen LogP contribution in [0.3, 0.4) is 0 Å². The van der Waals surface area contributed by atoms with Gasteiger partial charge in [0.15, 0.2) is 9.84 Å². The van der Waals surface area contributed by atoms with Crippen molar-refractivity contribution in [2.24, 2.45) is 5.92 Å². The van der Waals surface area contributed by atoms with Gasteiger partial charge < -0.3 is 5.11 Å². The van der Waals surface area contributed by atoms with Gasteiger partial charge in [0.25, 0.3) is 0 Å². The van der Waals surface area contributed by atoms with Gasteiger partial charge in [0.2, 0.25) is 0 Å². The molecule has 0 spiro atoms. The van der Waals surface area contributed by atoms with E-state index in [1.54, 1.807) is 0 Å². The summed E-state index contributed by atoms with van der Waals surface area (Å²) >= 11 is 0. The summed E-state index contributed by atoms with van der Waals surface area (Å²) in [5, 5.41) is 7.12. The highest BCUT2D eigenvalue weighted by atomic mass is 32.2. The Bertz CT molecular complexity index is 514. The number of rotatable bonds is 4. The highest BCUT2D eigenvalue weighted by Gasteiger charge is 2.38. The van der Waals surface area contributed by atoms with Crippen LogP contribution in [0.1, 0.15) is 51.9 Å². The molecule has 1 unspecified atom stereocenters. The van der Waals surface area contributed by atoms with Crippen molar-refractivity contribution >= 4 is 15.8 Å². The van der Waals surface area contributed by atoms with Gasteiger partial charge in [0.05, 0.1) is 11.5 Å². The number of carbonyl (C=O) groups is 1. The van der Waals surface area contributed by atoms with Crippen molar-refractivity contribution in [1.82, 2.24) is 4.90 Å². The maximum absolute atomic E-state index is 11.6. The van der Waals surface area contributed by atoms with E-state index in [-0.39, 0.29) is 0 Å². The number of nitrogens with zero attached hydrogens (tertiary/aromatic N) is 1. The normalized spacial score (nSPS) is 24.4. The van der Waals surface area contributed by atoms with E-state index in [2.05, 4.69) is 11.8 Å². The Hall–Kier alpha value is -0.830. The third-order valence-electron chi connectivity index (χ3n) is 4.84. The number of hydrogen-bond donors (Lipinski definition) is 1. The average Bonchev–Trinajstić information content (AvgIpc) is 2.72. The predicted molar refractivity (Wildman–Crippen MR) is 89.2 cm³/mol. The zero-order valence-corrected chi connectivity index (χ0v) is 15.4. The molecule has 5 nitrogen and oxygen atoms in total. The lowest BCUT2D eigenvalue weighted by Crippen LogP contribution is -2.39. The molecule has 2 rings (SSSR count). The molecule has 0 amide bonds. The molecule has 0 aromatic carbocycles. The van der Waals surface area contributed by atoms with E-state index >= 15 is 0 Å². The van der Waals surface area contributed by atoms with Gasteiger partial charge >= 0.3 is 12.1 Å². The summed E-state index contributed by atoms with van der Waals surface area (Å²) in [7, 11) is -2.74. The van der Waals surface area contributed by atoms with Crippen LogP contribution in [0.25, 0.3) is 0 Å². The molecule has 25 heavy (non-hydrogen) atoms. The lowest BCUT2D eigenvalue weighted by molar-refractivity contribution is -0.192. The molecule has 1 N–H and O–H groups in total. The first kappa shape index (κ1) is 22.2. The van der Waals surface area contributed by atoms with Crippen molar-refractivity contribution in [3.63, 3.8) is 0 Å². The molecule has 1 atom stereocenters. The highest BCUT2D eigenvalue weighted by molar-refractivity contribution is 7.91. The zero-order valence-electron chi connectivity index (χ0n) is 14.6. The number of hydrogen-bond acceptors (Lipinski definition) is 4.